The normalized spacial score (nSPS) is 11.7. The maximum atomic E-state index is 12.5. The molecule has 0 radical (unpaired) electrons. The summed E-state index contributed by atoms with van der Waals surface area (Å²) in [5, 5.41) is 12.4. The third kappa shape index (κ3) is 4.39. The van der Waals surface area contributed by atoms with E-state index >= 15 is 0 Å². The van der Waals surface area contributed by atoms with Crippen LogP contribution < -0.4 is 19.5 Å². The van der Waals surface area contributed by atoms with E-state index in [1.807, 2.05) is 0 Å². The molecular formula is C17H23N3O4S. The Hall–Kier alpha value is -2.35. The Labute approximate surface area is 151 Å². The van der Waals surface area contributed by atoms with Crippen molar-refractivity contribution in [3.63, 3.8) is 0 Å². The van der Waals surface area contributed by atoms with Crippen molar-refractivity contribution in [1.29, 1.82) is 0 Å². The predicted molar refractivity (Wildman–Crippen MR) is 97.3 cm³/mol. The number of ether oxygens (including phenoxy) is 3. The molecule has 0 saturated heterocycles. The molecule has 0 aliphatic heterocycles. The van der Waals surface area contributed by atoms with Crippen LogP contribution in [0.15, 0.2) is 12.1 Å². The summed E-state index contributed by atoms with van der Waals surface area (Å²) in [6, 6.07) is 3.19. The van der Waals surface area contributed by atoms with E-state index in [-0.39, 0.29) is 5.91 Å². The van der Waals surface area contributed by atoms with Crippen LogP contribution in [0.3, 0.4) is 0 Å². The Morgan fingerprint density at radius 3 is 2.32 bits per heavy atom. The molecule has 0 fully saturated rings. The third-order valence-electron chi connectivity index (χ3n) is 3.73. The second kappa shape index (κ2) is 8.66. The number of amides is 1. The van der Waals surface area contributed by atoms with Gasteiger partial charge in [0.15, 0.2) is 11.5 Å². The molecule has 136 valence electrons. The number of hydrogen-bond acceptors (Lipinski definition) is 7. The summed E-state index contributed by atoms with van der Waals surface area (Å²) in [6.45, 7) is 4.24. The second-order valence-corrected chi connectivity index (χ2v) is 6.51. The number of aromatic nitrogens is 2. The molecule has 0 saturated carbocycles. The number of nitrogens with one attached hydrogen (secondary N) is 1. The minimum atomic E-state index is -0.315. The SMILES string of the molecule is CCCC(C)c1nnc(NC(=O)c2cc(OC)c(OC)c(OC)c2)s1. The molecule has 7 nitrogen and oxygen atoms in total. The van der Waals surface area contributed by atoms with E-state index in [0.29, 0.717) is 33.9 Å². The van der Waals surface area contributed by atoms with Crippen LogP contribution in [0.1, 0.15) is 48.0 Å². The van der Waals surface area contributed by atoms with Crippen LogP contribution in [0, 0.1) is 0 Å². The van der Waals surface area contributed by atoms with Gasteiger partial charge in [-0.2, -0.15) is 0 Å². The first-order chi connectivity index (χ1) is 12.0. The van der Waals surface area contributed by atoms with E-state index in [1.54, 1.807) is 12.1 Å². The fraction of sp³-hybridized carbons (Fsp3) is 0.471. The Morgan fingerprint density at radius 1 is 1.16 bits per heavy atom. The summed E-state index contributed by atoms with van der Waals surface area (Å²) < 4.78 is 15.8. The Morgan fingerprint density at radius 2 is 1.80 bits per heavy atom. The van der Waals surface area contributed by atoms with Gasteiger partial charge in [0, 0.05) is 11.5 Å². The van der Waals surface area contributed by atoms with Gasteiger partial charge in [0.05, 0.1) is 21.3 Å². The zero-order valence-electron chi connectivity index (χ0n) is 15.1. The lowest BCUT2D eigenvalue weighted by Crippen LogP contribution is -2.12. The zero-order chi connectivity index (χ0) is 18.4. The molecule has 2 rings (SSSR count). The summed E-state index contributed by atoms with van der Waals surface area (Å²) in [6.07, 6.45) is 2.11. The minimum Gasteiger partial charge on any atom is -0.493 e. The molecule has 25 heavy (non-hydrogen) atoms. The minimum absolute atomic E-state index is 0.315. The highest BCUT2D eigenvalue weighted by molar-refractivity contribution is 7.15. The number of anilines is 1. The van der Waals surface area contributed by atoms with Gasteiger partial charge >= 0.3 is 0 Å². The molecule has 0 bridgehead atoms. The van der Waals surface area contributed by atoms with Gasteiger partial charge in [-0.1, -0.05) is 31.6 Å². The fourth-order valence-corrected chi connectivity index (χ4v) is 3.25. The first kappa shape index (κ1) is 19.0. The maximum absolute atomic E-state index is 12.5. The Bertz CT molecular complexity index is 707. The number of hydrogen-bond donors (Lipinski definition) is 1. The van der Waals surface area contributed by atoms with Crippen LogP contribution in [0.2, 0.25) is 0 Å². The number of rotatable bonds is 8. The number of nitrogens with zero attached hydrogens (tertiary/aromatic N) is 2. The van der Waals surface area contributed by atoms with Gasteiger partial charge in [0.2, 0.25) is 10.9 Å². The standard InChI is InChI=1S/C17H23N3O4S/c1-6-7-10(2)16-19-20-17(25-16)18-15(21)11-8-12(22-3)14(24-5)13(9-11)23-4/h8-10H,6-7H2,1-5H3,(H,18,20,21). The highest BCUT2D eigenvalue weighted by Gasteiger charge is 2.19. The average molecular weight is 365 g/mol. The Balaban J connectivity index is 2.21. The molecule has 1 heterocycles. The topological polar surface area (TPSA) is 82.6 Å². The van der Waals surface area contributed by atoms with Gasteiger partial charge in [0.25, 0.3) is 5.91 Å². The molecule has 1 atom stereocenters. The van der Waals surface area contributed by atoms with Crippen LogP contribution in [0.5, 0.6) is 17.2 Å². The largest absolute Gasteiger partial charge is 0.493 e. The molecule has 8 heteroatoms. The number of carbonyl (C=O) groups excluding carboxylic acids is 1. The van der Waals surface area contributed by atoms with E-state index in [4.69, 9.17) is 14.2 Å². The van der Waals surface area contributed by atoms with Gasteiger partial charge in [-0.3, -0.25) is 10.1 Å². The molecule has 1 unspecified atom stereocenters. The summed E-state index contributed by atoms with van der Waals surface area (Å²) in [5.41, 5.74) is 0.382. The molecule has 0 aliphatic carbocycles. The zero-order valence-corrected chi connectivity index (χ0v) is 15.9. The molecule has 1 N–H and O–H groups in total. The summed E-state index contributed by atoms with van der Waals surface area (Å²) in [7, 11) is 4.52. The van der Waals surface area contributed by atoms with Gasteiger partial charge in [-0.25, -0.2) is 0 Å². The van der Waals surface area contributed by atoms with E-state index < -0.39 is 0 Å². The van der Waals surface area contributed by atoms with Crippen molar-refractivity contribution in [2.45, 2.75) is 32.6 Å². The van der Waals surface area contributed by atoms with Crippen molar-refractivity contribution in [2.75, 3.05) is 26.6 Å². The van der Waals surface area contributed by atoms with Crippen molar-refractivity contribution in [3.8, 4) is 17.2 Å². The summed E-state index contributed by atoms with van der Waals surface area (Å²) >= 11 is 1.39. The highest BCUT2D eigenvalue weighted by Crippen LogP contribution is 2.38. The van der Waals surface area contributed by atoms with Crippen molar-refractivity contribution in [1.82, 2.24) is 10.2 Å². The van der Waals surface area contributed by atoms with Gasteiger partial charge < -0.3 is 14.2 Å². The van der Waals surface area contributed by atoms with Crippen LogP contribution >= 0.6 is 11.3 Å². The van der Waals surface area contributed by atoms with Gasteiger partial charge in [0.1, 0.15) is 5.01 Å². The predicted octanol–water partition coefficient (Wildman–Crippen LogP) is 3.72. The fourth-order valence-electron chi connectivity index (χ4n) is 2.42. The van der Waals surface area contributed by atoms with Gasteiger partial charge in [-0.05, 0) is 18.6 Å². The second-order valence-electron chi connectivity index (χ2n) is 5.50. The quantitative estimate of drug-likeness (QED) is 0.768. The van der Waals surface area contributed by atoms with Crippen molar-refractivity contribution in [3.05, 3.63) is 22.7 Å². The lowest BCUT2D eigenvalue weighted by molar-refractivity contribution is 0.102. The van der Waals surface area contributed by atoms with Crippen molar-refractivity contribution in [2.24, 2.45) is 0 Å². The third-order valence-corrected chi connectivity index (χ3v) is 4.80. The highest BCUT2D eigenvalue weighted by atomic mass is 32.1. The summed E-state index contributed by atoms with van der Waals surface area (Å²) in [5.74, 6) is 1.29. The van der Waals surface area contributed by atoms with E-state index in [2.05, 4.69) is 29.4 Å². The van der Waals surface area contributed by atoms with Gasteiger partial charge in [-0.15, -0.1) is 10.2 Å². The molecule has 2 aromatic rings. The number of benzene rings is 1. The van der Waals surface area contributed by atoms with Crippen LogP contribution in [-0.2, 0) is 0 Å². The maximum Gasteiger partial charge on any atom is 0.257 e. The monoisotopic (exact) mass is 365 g/mol. The summed E-state index contributed by atoms with van der Waals surface area (Å²) in [4.78, 5) is 12.5. The molecule has 1 aromatic carbocycles. The van der Waals surface area contributed by atoms with Crippen LogP contribution in [0.4, 0.5) is 5.13 Å². The van der Waals surface area contributed by atoms with Crippen LogP contribution in [0.25, 0.3) is 0 Å². The molecule has 0 spiro atoms. The molecule has 1 amide bonds. The van der Waals surface area contributed by atoms with Crippen molar-refractivity contribution >= 4 is 22.4 Å². The molecule has 1 aromatic heterocycles. The number of methoxy groups -OCH3 is 3. The molecular weight excluding hydrogens is 342 g/mol. The van der Waals surface area contributed by atoms with Crippen molar-refractivity contribution < 1.29 is 19.0 Å². The lowest BCUT2D eigenvalue weighted by Gasteiger charge is -2.13. The smallest absolute Gasteiger partial charge is 0.257 e. The number of carbonyl (C=O) groups is 1. The average Bonchev–Trinajstić information content (AvgIpc) is 3.09. The van der Waals surface area contributed by atoms with E-state index in [1.165, 1.54) is 32.7 Å². The van der Waals surface area contributed by atoms with E-state index in [9.17, 15) is 4.79 Å². The van der Waals surface area contributed by atoms with E-state index in [0.717, 1.165) is 17.8 Å². The molecule has 0 aliphatic rings. The lowest BCUT2D eigenvalue weighted by atomic mass is 10.1. The van der Waals surface area contributed by atoms with Crippen LogP contribution in [-0.4, -0.2) is 37.4 Å². The Kier molecular flexibility index (Phi) is 6.58. The first-order valence-corrected chi connectivity index (χ1v) is 8.80. The first-order valence-electron chi connectivity index (χ1n) is 7.98.